The Labute approximate surface area is 102 Å². The number of nitrogens with two attached hydrogens (primary N) is 1. The van der Waals surface area contributed by atoms with Crippen molar-refractivity contribution in [2.24, 2.45) is 5.73 Å². The van der Waals surface area contributed by atoms with Crippen molar-refractivity contribution in [3.8, 4) is 0 Å². The van der Waals surface area contributed by atoms with Gasteiger partial charge in [0.2, 0.25) is 0 Å². The summed E-state index contributed by atoms with van der Waals surface area (Å²) in [5, 5.41) is 0. The number of methoxy groups -OCH3 is 1. The van der Waals surface area contributed by atoms with Gasteiger partial charge in [0, 0.05) is 12.4 Å². The van der Waals surface area contributed by atoms with Crippen molar-refractivity contribution in [3.63, 3.8) is 0 Å². The first-order valence-corrected chi connectivity index (χ1v) is 5.71. The van der Waals surface area contributed by atoms with E-state index in [0.29, 0.717) is 5.82 Å². The van der Waals surface area contributed by atoms with Crippen molar-refractivity contribution in [1.29, 1.82) is 0 Å². The molecule has 0 radical (unpaired) electrons. The van der Waals surface area contributed by atoms with Crippen LogP contribution in [-0.4, -0.2) is 29.1 Å². The molecule has 5 nitrogen and oxygen atoms in total. The van der Waals surface area contributed by atoms with Gasteiger partial charge < -0.3 is 10.5 Å². The van der Waals surface area contributed by atoms with Gasteiger partial charge in [-0.1, -0.05) is 0 Å². The summed E-state index contributed by atoms with van der Waals surface area (Å²) in [6.07, 6.45) is 4.97. The number of carbonyl (C=O) groups is 1. The molecule has 1 atom stereocenters. The number of rotatable bonds is 3. The molecule has 1 aliphatic carbocycles. The van der Waals surface area contributed by atoms with Crippen LogP contribution in [0.5, 0.6) is 0 Å². The number of ether oxygens (including phenoxy) is 1. The van der Waals surface area contributed by atoms with E-state index in [9.17, 15) is 4.79 Å². The van der Waals surface area contributed by atoms with E-state index in [1.807, 2.05) is 0 Å². The standard InChI is InChI=1S/C10H12BrN3O2/c1-16-8(15)7(12)10(2-3-10)9-13-4-6(11)5-14-9/h4-5,7H,2-3,12H2,1H3. The maximum Gasteiger partial charge on any atom is 0.323 e. The molecule has 16 heavy (non-hydrogen) atoms. The lowest BCUT2D eigenvalue weighted by Gasteiger charge is -2.19. The summed E-state index contributed by atoms with van der Waals surface area (Å²) < 4.78 is 5.46. The van der Waals surface area contributed by atoms with Crippen molar-refractivity contribution in [2.75, 3.05) is 7.11 Å². The van der Waals surface area contributed by atoms with Gasteiger partial charge in [0.1, 0.15) is 11.9 Å². The number of hydrogen-bond donors (Lipinski definition) is 1. The summed E-state index contributed by atoms with van der Waals surface area (Å²) >= 11 is 3.26. The van der Waals surface area contributed by atoms with Crippen LogP contribution in [0.1, 0.15) is 18.7 Å². The molecule has 1 unspecified atom stereocenters. The maximum atomic E-state index is 11.4. The van der Waals surface area contributed by atoms with E-state index < -0.39 is 17.4 Å². The lowest BCUT2D eigenvalue weighted by molar-refractivity contribution is -0.143. The number of halogens is 1. The van der Waals surface area contributed by atoms with Crippen molar-refractivity contribution in [3.05, 3.63) is 22.7 Å². The maximum absolute atomic E-state index is 11.4. The van der Waals surface area contributed by atoms with E-state index in [-0.39, 0.29) is 0 Å². The Morgan fingerprint density at radius 3 is 2.56 bits per heavy atom. The Morgan fingerprint density at radius 1 is 1.56 bits per heavy atom. The zero-order chi connectivity index (χ0) is 11.8. The van der Waals surface area contributed by atoms with Crippen LogP contribution < -0.4 is 5.73 Å². The van der Waals surface area contributed by atoms with Crippen molar-refractivity contribution < 1.29 is 9.53 Å². The molecule has 6 heteroatoms. The lowest BCUT2D eigenvalue weighted by Crippen LogP contribution is -2.43. The molecule has 0 aromatic carbocycles. The highest BCUT2D eigenvalue weighted by atomic mass is 79.9. The first-order chi connectivity index (χ1) is 7.60. The number of aromatic nitrogens is 2. The first-order valence-electron chi connectivity index (χ1n) is 4.91. The van der Waals surface area contributed by atoms with Gasteiger partial charge in [0.15, 0.2) is 0 Å². The number of carbonyl (C=O) groups excluding carboxylic acids is 1. The molecule has 1 aromatic rings. The monoisotopic (exact) mass is 285 g/mol. The Bertz CT molecular complexity index is 403. The third kappa shape index (κ3) is 1.82. The minimum atomic E-state index is -0.682. The second-order valence-electron chi connectivity index (χ2n) is 3.88. The predicted molar refractivity (Wildman–Crippen MR) is 60.6 cm³/mol. The fourth-order valence-corrected chi connectivity index (χ4v) is 1.94. The number of hydrogen-bond acceptors (Lipinski definition) is 5. The minimum Gasteiger partial charge on any atom is -0.468 e. The highest BCUT2D eigenvalue weighted by molar-refractivity contribution is 9.10. The molecule has 1 saturated carbocycles. The molecule has 0 spiro atoms. The summed E-state index contributed by atoms with van der Waals surface area (Å²) in [5.74, 6) is 0.206. The van der Waals surface area contributed by atoms with Crippen LogP contribution in [0.2, 0.25) is 0 Å². The molecule has 2 N–H and O–H groups in total. The van der Waals surface area contributed by atoms with Crippen molar-refractivity contribution in [1.82, 2.24) is 9.97 Å². The molecule has 1 aliphatic rings. The fourth-order valence-electron chi connectivity index (χ4n) is 1.73. The Balaban J connectivity index is 2.26. The Hall–Kier alpha value is -1.01. The predicted octanol–water partition coefficient (Wildman–Crippen LogP) is 0.771. The summed E-state index contributed by atoms with van der Waals surface area (Å²) in [7, 11) is 1.33. The quantitative estimate of drug-likeness (QED) is 0.830. The summed E-state index contributed by atoms with van der Waals surface area (Å²) in [6, 6.07) is -0.682. The average Bonchev–Trinajstić information content (AvgIpc) is 3.09. The van der Waals surface area contributed by atoms with E-state index >= 15 is 0 Å². The van der Waals surface area contributed by atoms with Gasteiger partial charge in [-0.2, -0.15) is 0 Å². The van der Waals surface area contributed by atoms with Crippen LogP contribution in [0.4, 0.5) is 0 Å². The molecule has 0 amide bonds. The normalized spacial score (nSPS) is 18.9. The van der Waals surface area contributed by atoms with Crippen molar-refractivity contribution >= 4 is 21.9 Å². The smallest absolute Gasteiger partial charge is 0.323 e. The van der Waals surface area contributed by atoms with Gasteiger partial charge in [0.05, 0.1) is 17.0 Å². The van der Waals surface area contributed by atoms with E-state index in [2.05, 4.69) is 30.6 Å². The summed E-state index contributed by atoms with van der Waals surface area (Å²) in [4.78, 5) is 19.8. The minimum absolute atomic E-state index is 0.413. The molecule has 0 saturated heterocycles. The highest BCUT2D eigenvalue weighted by Crippen LogP contribution is 2.49. The van der Waals surface area contributed by atoms with Crippen LogP contribution in [0.15, 0.2) is 16.9 Å². The zero-order valence-electron chi connectivity index (χ0n) is 8.81. The first kappa shape index (κ1) is 11.5. The molecular weight excluding hydrogens is 274 g/mol. The second-order valence-corrected chi connectivity index (χ2v) is 4.80. The van der Waals surface area contributed by atoms with Gasteiger partial charge in [0.25, 0.3) is 0 Å². The third-order valence-electron chi connectivity index (χ3n) is 2.90. The molecule has 2 rings (SSSR count). The Kier molecular flexibility index (Phi) is 2.94. The average molecular weight is 286 g/mol. The zero-order valence-corrected chi connectivity index (χ0v) is 10.4. The van der Waals surface area contributed by atoms with Crippen LogP contribution in [-0.2, 0) is 14.9 Å². The number of esters is 1. The Morgan fingerprint density at radius 2 is 2.12 bits per heavy atom. The van der Waals surface area contributed by atoms with E-state index in [1.54, 1.807) is 12.4 Å². The number of nitrogens with zero attached hydrogens (tertiary/aromatic N) is 2. The van der Waals surface area contributed by atoms with Gasteiger partial charge in [-0.25, -0.2) is 9.97 Å². The van der Waals surface area contributed by atoms with Gasteiger partial charge in [-0.05, 0) is 28.8 Å². The van der Waals surface area contributed by atoms with Gasteiger partial charge in [-0.3, -0.25) is 4.79 Å². The third-order valence-corrected chi connectivity index (χ3v) is 3.31. The highest BCUT2D eigenvalue weighted by Gasteiger charge is 2.55. The van der Waals surface area contributed by atoms with Crippen molar-refractivity contribution in [2.45, 2.75) is 24.3 Å². The fraction of sp³-hybridized carbons (Fsp3) is 0.500. The molecule has 86 valence electrons. The van der Waals surface area contributed by atoms with Crippen LogP contribution in [0.3, 0.4) is 0 Å². The lowest BCUT2D eigenvalue weighted by atomic mass is 9.96. The van der Waals surface area contributed by atoms with E-state index in [0.717, 1.165) is 17.3 Å². The van der Waals surface area contributed by atoms with E-state index in [1.165, 1.54) is 7.11 Å². The molecule has 0 aliphatic heterocycles. The molecule has 1 heterocycles. The largest absolute Gasteiger partial charge is 0.468 e. The SMILES string of the molecule is COC(=O)C(N)C1(c2ncc(Br)cn2)CC1. The molecular formula is C10H12BrN3O2. The van der Waals surface area contributed by atoms with Crippen LogP contribution >= 0.6 is 15.9 Å². The van der Waals surface area contributed by atoms with Crippen LogP contribution in [0.25, 0.3) is 0 Å². The molecule has 1 fully saturated rings. The van der Waals surface area contributed by atoms with Gasteiger partial charge >= 0.3 is 5.97 Å². The molecule has 0 bridgehead atoms. The molecule has 1 aromatic heterocycles. The van der Waals surface area contributed by atoms with Crippen LogP contribution in [0, 0.1) is 0 Å². The second kappa shape index (κ2) is 4.10. The summed E-state index contributed by atoms with van der Waals surface area (Å²) in [5.41, 5.74) is 5.45. The van der Waals surface area contributed by atoms with E-state index in [4.69, 9.17) is 5.73 Å². The van der Waals surface area contributed by atoms with Gasteiger partial charge in [-0.15, -0.1) is 0 Å². The topological polar surface area (TPSA) is 78.1 Å². The summed E-state index contributed by atoms with van der Waals surface area (Å²) in [6.45, 7) is 0.